The highest BCUT2D eigenvalue weighted by Gasteiger charge is 2.45. The molecule has 1 saturated heterocycles. The molecule has 1 aliphatic rings. The number of hydrogen-bond acceptors (Lipinski definition) is 10. The molecule has 206 valence electrons. The molecule has 1 fully saturated rings. The Hall–Kier alpha value is -3.26. The van der Waals surface area contributed by atoms with Crippen molar-refractivity contribution in [1.29, 1.82) is 0 Å². The maximum atomic E-state index is 12.3. The van der Waals surface area contributed by atoms with Crippen LogP contribution >= 0.6 is 0 Å². The zero-order valence-corrected chi connectivity index (χ0v) is 21.1. The molecule has 4 rings (SSSR count). The normalized spacial score (nSPS) is 23.5. The van der Waals surface area contributed by atoms with Gasteiger partial charge in [-0.25, -0.2) is 0 Å². The molecule has 5 atom stereocenters. The zero-order valence-electron chi connectivity index (χ0n) is 21.1. The van der Waals surface area contributed by atoms with Crippen molar-refractivity contribution in [2.24, 2.45) is 18.5 Å². The van der Waals surface area contributed by atoms with Crippen LogP contribution in [0.3, 0.4) is 0 Å². The van der Waals surface area contributed by atoms with Crippen LogP contribution in [0, 0.1) is 0 Å². The van der Waals surface area contributed by atoms with Crippen molar-refractivity contribution in [2.75, 3.05) is 19.8 Å². The lowest BCUT2D eigenvalue weighted by Crippen LogP contribution is -2.60. The number of nitrogens with zero attached hydrogens (tertiary/aromatic N) is 2. The molecule has 8 N–H and O–H groups in total. The number of amides is 1. The Morgan fingerprint density at radius 1 is 1.08 bits per heavy atom. The first kappa shape index (κ1) is 27.8. The van der Waals surface area contributed by atoms with Gasteiger partial charge in [-0.1, -0.05) is 12.1 Å². The summed E-state index contributed by atoms with van der Waals surface area (Å²) in [5, 5.41) is 45.1. The van der Waals surface area contributed by atoms with Crippen molar-refractivity contribution >= 4 is 16.8 Å². The number of carbonyl (C=O) groups is 1. The zero-order chi connectivity index (χ0) is 27.4. The van der Waals surface area contributed by atoms with Gasteiger partial charge in [-0.3, -0.25) is 9.48 Å². The summed E-state index contributed by atoms with van der Waals surface area (Å²) < 4.78 is 18.6. The number of ether oxygens (including phenoxy) is 3. The van der Waals surface area contributed by atoms with Crippen LogP contribution in [-0.2, 0) is 24.6 Å². The summed E-state index contributed by atoms with van der Waals surface area (Å²) in [6.45, 7) is 0.502. The smallest absolute Gasteiger partial charge is 0.249 e. The molecule has 12 nitrogen and oxygen atoms in total. The summed E-state index contributed by atoms with van der Waals surface area (Å²) in [6.07, 6.45) is -5.57. The highest BCUT2D eigenvalue weighted by molar-refractivity contribution is 6.01. The van der Waals surface area contributed by atoms with Crippen LogP contribution in [0.5, 0.6) is 11.6 Å². The van der Waals surface area contributed by atoms with E-state index < -0.39 is 43.2 Å². The third-order valence-corrected chi connectivity index (χ3v) is 6.64. The summed E-state index contributed by atoms with van der Waals surface area (Å²) in [5.74, 6) is 0.173. The maximum Gasteiger partial charge on any atom is 0.249 e. The fourth-order valence-electron chi connectivity index (χ4n) is 4.53. The lowest BCUT2D eigenvalue weighted by molar-refractivity contribution is -0.278. The van der Waals surface area contributed by atoms with Gasteiger partial charge in [-0.05, 0) is 61.2 Å². The number of aliphatic hydroxyl groups excluding tert-OH is 4. The molecule has 0 spiro atoms. The third kappa shape index (κ3) is 5.75. The standard InChI is InChI=1S/C26H34N4O8/c1-30-18-10-9-17(24(28)35)16(8-5-14-3-6-15(7-4-14)36-12-2-11-27)20(18)25(29-30)38-26-23(34)22(33)21(32)19(13-31)37-26/h3-4,6-7,9-10,19,21-23,26,31-34H,2,5,8,11-13,27H2,1H3,(H2,28,35)/t19-,21-,22+,23-,26+/m1/s1. The summed E-state index contributed by atoms with van der Waals surface area (Å²) >= 11 is 0. The van der Waals surface area contributed by atoms with E-state index in [9.17, 15) is 25.2 Å². The van der Waals surface area contributed by atoms with Gasteiger partial charge < -0.3 is 46.1 Å². The third-order valence-electron chi connectivity index (χ3n) is 6.64. The molecule has 1 aromatic heterocycles. The van der Waals surface area contributed by atoms with E-state index >= 15 is 0 Å². The summed E-state index contributed by atoms with van der Waals surface area (Å²) in [4.78, 5) is 12.3. The lowest BCUT2D eigenvalue weighted by Gasteiger charge is -2.39. The molecule has 38 heavy (non-hydrogen) atoms. The molecule has 3 aromatic rings. The molecule has 0 radical (unpaired) electrons. The van der Waals surface area contributed by atoms with Gasteiger partial charge in [0.2, 0.25) is 18.1 Å². The van der Waals surface area contributed by atoms with Crippen LogP contribution in [0.2, 0.25) is 0 Å². The van der Waals surface area contributed by atoms with Crippen molar-refractivity contribution in [2.45, 2.75) is 50.0 Å². The first-order valence-corrected chi connectivity index (χ1v) is 12.4. The van der Waals surface area contributed by atoms with Crippen molar-refractivity contribution < 1.29 is 39.4 Å². The van der Waals surface area contributed by atoms with Gasteiger partial charge in [-0.15, -0.1) is 5.10 Å². The molecule has 0 unspecified atom stereocenters. The Balaban J connectivity index is 1.63. The number of primary amides is 1. The second kappa shape index (κ2) is 12.1. The molecule has 2 aromatic carbocycles. The Morgan fingerprint density at radius 2 is 1.82 bits per heavy atom. The van der Waals surface area contributed by atoms with Crippen molar-refractivity contribution in [3.8, 4) is 11.6 Å². The van der Waals surface area contributed by atoms with Gasteiger partial charge >= 0.3 is 0 Å². The van der Waals surface area contributed by atoms with Crippen LogP contribution in [-0.4, -0.2) is 86.6 Å². The quantitative estimate of drug-likeness (QED) is 0.174. The number of aromatic nitrogens is 2. The minimum Gasteiger partial charge on any atom is -0.494 e. The highest BCUT2D eigenvalue weighted by atomic mass is 16.7. The number of hydrogen-bond donors (Lipinski definition) is 6. The first-order valence-electron chi connectivity index (χ1n) is 12.4. The monoisotopic (exact) mass is 530 g/mol. The Morgan fingerprint density at radius 3 is 2.47 bits per heavy atom. The molecule has 12 heteroatoms. The molecule has 1 aliphatic heterocycles. The van der Waals surface area contributed by atoms with Gasteiger partial charge in [0.25, 0.3) is 0 Å². The molecule has 0 aliphatic carbocycles. The molecular formula is C26H34N4O8. The van der Waals surface area contributed by atoms with E-state index in [1.54, 1.807) is 23.9 Å². The van der Waals surface area contributed by atoms with E-state index in [2.05, 4.69) is 5.10 Å². The second-order valence-electron chi connectivity index (χ2n) is 9.23. The SMILES string of the molecule is Cn1nc(O[C@@H]2O[C@H](CO)[C@@H](O)[C@H](O)[C@H]2O)c2c(CCc3ccc(OCCCN)cc3)c(C(N)=O)ccc21. The minimum atomic E-state index is -1.61. The number of aryl methyl sites for hydroxylation is 3. The molecule has 0 bridgehead atoms. The van der Waals surface area contributed by atoms with Crippen LogP contribution in [0.1, 0.15) is 27.9 Å². The van der Waals surface area contributed by atoms with Crippen molar-refractivity contribution in [3.05, 3.63) is 53.1 Å². The predicted molar refractivity (Wildman–Crippen MR) is 137 cm³/mol. The number of fused-ring (bicyclic) bond motifs is 1. The topological polar surface area (TPSA) is 196 Å². The summed E-state index contributed by atoms with van der Waals surface area (Å²) in [5.41, 5.74) is 13.8. The number of carbonyl (C=O) groups excluding carboxylic acids is 1. The van der Waals surface area contributed by atoms with Crippen molar-refractivity contribution in [3.63, 3.8) is 0 Å². The van der Waals surface area contributed by atoms with E-state index in [1.807, 2.05) is 24.3 Å². The Labute approximate surface area is 219 Å². The Bertz CT molecular complexity index is 1250. The molecular weight excluding hydrogens is 496 g/mol. The van der Waals surface area contributed by atoms with Crippen LogP contribution < -0.4 is 20.9 Å². The molecule has 0 saturated carbocycles. The van der Waals surface area contributed by atoms with Crippen LogP contribution in [0.25, 0.3) is 10.9 Å². The summed E-state index contributed by atoms with van der Waals surface area (Å²) in [6, 6.07) is 11.0. The first-order chi connectivity index (χ1) is 18.2. The van der Waals surface area contributed by atoms with Gasteiger partial charge in [0.15, 0.2) is 0 Å². The molecule has 1 amide bonds. The van der Waals surface area contributed by atoms with Gasteiger partial charge in [0.05, 0.1) is 24.1 Å². The largest absolute Gasteiger partial charge is 0.494 e. The van der Waals surface area contributed by atoms with E-state index in [-0.39, 0.29) is 5.88 Å². The summed E-state index contributed by atoms with van der Waals surface area (Å²) in [7, 11) is 1.69. The highest BCUT2D eigenvalue weighted by Crippen LogP contribution is 2.34. The second-order valence-corrected chi connectivity index (χ2v) is 9.23. The van der Waals surface area contributed by atoms with Crippen LogP contribution in [0.4, 0.5) is 0 Å². The van der Waals surface area contributed by atoms with Gasteiger partial charge in [0.1, 0.15) is 30.2 Å². The van der Waals surface area contributed by atoms with Crippen molar-refractivity contribution in [1.82, 2.24) is 9.78 Å². The van der Waals surface area contributed by atoms with E-state index in [4.69, 9.17) is 25.7 Å². The van der Waals surface area contributed by atoms with E-state index in [0.29, 0.717) is 48.0 Å². The number of benzene rings is 2. The maximum absolute atomic E-state index is 12.3. The van der Waals surface area contributed by atoms with Crippen LogP contribution in [0.15, 0.2) is 36.4 Å². The van der Waals surface area contributed by atoms with E-state index in [1.165, 1.54) is 0 Å². The number of nitrogens with two attached hydrogens (primary N) is 2. The minimum absolute atomic E-state index is 0.0496. The van der Waals surface area contributed by atoms with E-state index in [0.717, 1.165) is 17.7 Å². The molecule has 2 heterocycles. The fraction of sp³-hybridized carbons (Fsp3) is 0.462. The van der Waals surface area contributed by atoms with Gasteiger partial charge in [-0.2, -0.15) is 0 Å². The number of aliphatic hydroxyl groups is 4. The predicted octanol–water partition coefficient (Wildman–Crippen LogP) is -0.636. The van der Waals surface area contributed by atoms with Gasteiger partial charge in [0, 0.05) is 12.6 Å². The Kier molecular flexibility index (Phi) is 8.82. The lowest BCUT2D eigenvalue weighted by atomic mass is 9.95. The number of rotatable bonds is 11. The average molecular weight is 531 g/mol. The fourth-order valence-corrected chi connectivity index (χ4v) is 4.53. The average Bonchev–Trinajstić information content (AvgIpc) is 3.23.